The fraction of sp³-hybridized carbons (Fsp3) is 0.0625. The largest absolute Gasteiger partial charge is 0.487 e. The third kappa shape index (κ3) is 2.54. The van der Waals surface area contributed by atoms with E-state index in [0.29, 0.717) is 18.0 Å². The van der Waals surface area contributed by atoms with E-state index in [1.807, 2.05) is 30.3 Å². The molecule has 2 N–H and O–H groups in total. The predicted octanol–water partition coefficient (Wildman–Crippen LogP) is 3.54. The van der Waals surface area contributed by atoms with Crippen molar-refractivity contribution in [1.82, 2.24) is 4.98 Å². The number of benzene rings is 2. The third-order valence-electron chi connectivity index (χ3n) is 3.04. The Labute approximate surface area is 115 Å². The Kier molecular flexibility index (Phi) is 3.21. The Bertz CT molecular complexity index is 758. The van der Waals surface area contributed by atoms with Gasteiger partial charge in [0.1, 0.15) is 18.2 Å². The molecule has 0 spiro atoms. The van der Waals surface area contributed by atoms with Gasteiger partial charge in [-0.2, -0.15) is 0 Å². The standard InChI is InChI=1S/C16H13FN2O/c17-13-4-5-14(18)16(9-13)20-10-11-3-6-15-12(8-11)2-1-7-19-15/h1-9H,10,18H2. The van der Waals surface area contributed by atoms with Gasteiger partial charge in [0.05, 0.1) is 11.2 Å². The number of aromatic nitrogens is 1. The lowest BCUT2D eigenvalue weighted by atomic mass is 10.1. The molecule has 2 aromatic carbocycles. The Balaban J connectivity index is 1.81. The molecule has 0 amide bonds. The number of hydrogen-bond acceptors (Lipinski definition) is 3. The van der Waals surface area contributed by atoms with Crippen molar-refractivity contribution in [3.8, 4) is 5.75 Å². The van der Waals surface area contributed by atoms with Crippen molar-refractivity contribution >= 4 is 16.6 Å². The third-order valence-corrected chi connectivity index (χ3v) is 3.04. The molecular weight excluding hydrogens is 255 g/mol. The van der Waals surface area contributed by atoms with Gasteiger partial charge in [-0.25, -0.2) is 4.39 Å². The molecule has 3 nitrogen and oxygen atoms in total. The Morgan fingerprint density at radius 1 is 1.10 bits per heavy atom. The van der Waals surface area contributed by atoms with Crippen LogP contribution >= 0.6 is 0 Å². The molecule has 0 unspecified atom stereocenters. The molecule has 1 aromatic heterocycles. The molecule has 0 fully saturated rings. The highest BCUT2D eigenvalue weighted by molar-refractivity contribution is 5.78. The first-order valence-corrected chi connectivity index (χ1v) is 6.24. The summed E-state index contributed by atoms with van der Waals surface area (Å²) < 4.78 is 18.7. The molecule has 1 heterocycles. The summed E-state index contributed by atoms with van der Waals surface area (Å²) in [7, 11) is 0. The Morgan fingerprint density at radius 2 is 2.00 bits per heavy atom. The fourth-order valence-corrected chi connectivity index (χ4v) is 2.01. The molecule has 4 heteroatoms. The minimum Gasteiger partial charge on any atom is -0.487 e. The smallest absolute Gasteiger partial charge is 0.145 e. The van der Waals surface area contributed by atoms with E-state index in [0.717, 1.165) is 16.5 Å². The van der Waals surface area contributed by atoms with Crippen LogP contribution in [0, 0.1) is 5.82 Å². The summed E-state index contributed by atoms with van der Waals surface area (Å²) in [6.45, 7) is 0.332. The predicted molar refractivity (Wildman–Crippen MR) is 76.9 cm³/mol. The normalized spacial score (nSPS) is 10.7. The van der Waals surface area contributed by atoms with Gasteiger partial charge in [0.25, 0.3) is 0 Å². The summed E-state index contributed by atoms with van der Waals surface area (Å²) in [6.07, 6.45) is 1.76. The van der Waals surface area contributed by atoms with Crippen LogP contribution in [-0.2, 0) is 6.61 Å². The number of nitrogens with two attached hydrogens (primary N) is 1. The highest BCUT2D eigenvalue weighted by atomic mass is 19.1. The molecule has 0 saturated carbocycles. The molecule has 100 valence electrons. The summed E-state index contributed by atoms with van der Waals surface area (Å²) in [6, 6.07) is 13.8. The molecule has 0 atom stereocenters. The van der Waals surface area contributed by atoms with Crippen LogP contribution < -0.4 is 10.5 Å². The Morgan fingerprint density at radius 3 is 2.90 bits per heavy atom. The zero-order valence-corrected chi connectivity index (χ0v) is 10.7. The number of ether oxygens (including phenoxy) is 1. The molecule has 0 aliphatic carbocycles. The number of halogens is 1. The quantitative estimate of drug-likeness (QED) is 0.739. The van der Waals surface area contributed by atoms with Crippen LogP contribution in [0.3, 0.4) is 0 Å². The number of rotatable bonds is 3. The molecule has 0 radical (unpaired) electrons. The maximum Gasteiger partial charge on any atom is 0.145 e. The highest BCUT2D eigenvalue weighted by Gasteiger charge is 2.03. The zero-order valence-electron chi connectivity index (χ0n) is 10.7. The summed E-state index contributed by atoms with van der Waals surface area (Å²) in [5.41, 5.74) is 8.08. The topological polar surface area (TPSA) is 48.1 Å². The van der Waals surface area contributed by atoms with Gasteiger partial charge in [0.15, 0.2) is 0 Å². The lowest BCUT2D eigenvalue weighted by molar-refractivity contribution is 0.306. The average molecular weight is 268 g/mol. The van der Waals surface area contributed by atoms with Crippen LogP contribution in [0.25, 0.3) is 10.9 Å². The maximum absolute atomic E-state index is 13.1. The molecule has 20 heavy (non-hydrogen) atoms. The van der Waals surface area contributed by atoms with E-state index >= 15 is 0 Å². The van der Waals surface area contributed by atoms with Gasteiger partial charge in [0, 0.05) is 17.6 Å². The average Bonchev–Trinajstić information content (AvgIpc) is 2.48. The van der Waals surface area contributed by atoms with E-state index < -0.39 is 0 Å². The SMILES string of the molecule is Nc1ccc(F)cc1OCc1ccc2ncccc2c1. The van der Waals surface area contributed by atoms with Crippen molar-refractivity contribution in [2.75, 3.05) is 5.73 Å². The number of anilines is 1. The number of nitrogens with zero attached hydrogens (tertiary/aromatic N) is 1. The summed E-state index contributed by atoms with van der Waals surface area (Å²) in [5.74, 6) is -0.00630. The molecule has 0 aliphatic rings. The lowest BCUT2D eigenvalue weighted by Crippen LogP contribution is -1.99. The van der Waals surface area contributed by atoms with E-state index in [1.54, 1.807) is 6.20 Å². The fourth-order valence-electron chi connectivity index (χ4n) is 2.01. The second-order valence-electron chi connectivity index (χ2n) is 4.50. The zero-order chi connectivity index (χ0) is 13.9. The lowest BCUT2D eigenvalue weighted by Gasteiger charge is -2.09. The van der Waals surface area contributed by atoms with Gasteiger partial charge in [-0.3, -0.25) is 4.98 Å². The van der Waals surface area contributed by atoms with E-state index in [2.05, 4.69) is 4.98 Å². The van der Waals surface area contributed by atoms with Gasteiger partial charge in [0.2, 0.25) is 0 Å². The number of hydrogen-bond donors (Lipinski definition) is 1. The van der Waals surface area contributed by atoms with Crippen LogP contribution in [0.2, 0.25) is 0 Å². The molecule has 3 rings (SSSR count). The van der Waals surface area contributed by atoms with E-state index in [-0.39, 0.29) is 5.82 Å². The summed E-state index contributed by atoms with van der Waals surface area (Å²) in [5, 5.41) is 1.04. The van der Waals surface area contributed by atoms with E-state index in [1.165, 1.54) is 18.2 Å². The van der Waals surface area contributed by atoms with Crippen LogP contribution in [0.1, 0.15) is 5.56 Å². The number of fused-ring (bicyclic) bond motifs is 1. The second kappa shape index (κ2) is 5.17. The highest BCUT2D eigenvalue weighted by Crippen LogP contribution is 2.23. The van der Waals surface area contributed by atoms with Gasteiger partial charge in [-0.15, -0.1) is 0 Å². The monoisotopic (exact) mass is 268 g/mol. The van der Waals surface area contributed by atoms with Crippen molar-refractivity contribution in [1.29, 1.82) is 0 Å². The first kappa shape index (κ1) is 12.4. The molecular formula is C16H13FN2O. The second-order valence-corrected chi connectivity index (χ2v) is 4.50. The first-order chi connectivity index (χ1) is 9.72. The minimum absolute atomic E-state index is 0.332. The van der Waals surface area contributed by atoms with Crippen LogP contribution in [-0.4, -0.2) is 4.98 Å². The minimum atomic E-state index is -0.364. The van der Waals surface area contributed by atoms with Crippen molar-refractivity contribution in [3.63, 3.8) is 0 Å². The maximum atomic E-state index is 13.1. The van der Waals surface area contributed by atoms with E-state index in [9.17, 15) is 4.39 Å². The van der Waals surface area contributed by atoms with Crippen LogP contribution in [0.5, 0.6) is 5.75 Å². The van der Waals surface area contributed by atoms with Crippen LogP contribution in [0.4, 0.5) is 10.1 Å². The molecule has 0 bridgehead atoms. The molecule has 0 saturated heterocycles. The van der Waals surface area contributed by atoms with Crippen molar-refractivity contribution in [2.24, 2.45) is 0 Å². The van der Waals surface area contributed by atoms with Gasteiger partial charge >= 0.3 is 0 Å². The van der Waals surface area contributed by atoms with Gasteiger partial charge in [-0.05, 0) is 35.9 Å². The number of pyridine rings is 1. The van der Waals surface area contributed by atoms with Crippen molar-refractivity contribution in [2.45, 2.75) is 6.61 Å². The first-order valence-electron chi connectivity index (χ1n) is 6.24. The van der Waals surface area contributed by atoms with Gasteiger partial charge in [-0.1, -0.05) is 12.1 Å². The van der Waals surface area contributed by atoms with Gasteiger partial charge < -0.3 is 10.5 Å². The van der Waals surface area contributed by atoms with Crippen molar-refractivity contribution in [3.05, 3.63) is 66.1 Å². The summed E-state index contributed by atoms with van der Waals surface area (Å²) >= 11 is 0. The van der Waals surface area contributed by atoms with E-state index in [4.69, 9.17) is 10.5 Å². The number of nitrogen functional groups attached to an aromatic ring is 1. The molecule has 0 aliphatic heterocycles. The molecule has 3 aromatic rings. The van der Waals surface area contributed by atoms with Crippen molar-refractivity contribution < 1.29 is 9.13 Å². The van der Waals surface area contributed by atoms with Crippen LogP contribution in [0.15, 0.2) is 54.7 Å². The Hall–Kier alpha value is -2.62. The summed E-state index contributed by atoms with van der Waals surface area (Å²) in [4.78, 5) is 4.26.